The lowest BCUT2D eigenvalue weighted by atomic mass is 9.48. The summed E-state index contributed by atoms with van der Waals surface area (Å²) in [6.07, 6.45) is 10.2. The van der Waals surface area contributed by atoms with E-state index >= 15 is 0 Å². The first-order chi connectivity index (χ1) is 16.2. The zero-order valence-electron chi connectivity index (χ0n) is 21.1. The lowest BCUT2D eigenvalue weighted by molar-refractivity contribution is -0.141. The molecule has 9 atom stereocenters. The molecule has 4 aliphatic rings. The van der Waals surface area contributed by atoms with Gasteiger partial charge in [-0.25, -0.2) is 0 Å². The number of nitrogens with zero attached hydrogens (tertiary/aromatic N) is 1. The van der Waals surface area contributed by atoms with Gasteiger partial charge >= 0.3 is 6.18 Å². The van der Waals surface area contributed by atoms with E-state index in [0.717, 1.165) is 60.2 Å². The lowest BCUT2D eigenvalue weighted by Gasteiger charge is -2.57. The SMILES string of the molecule is COC[C@H]1CC[C@@H]2C3CC[C@@]4(C)C(CCC4[C@H](C)Cc4ccc(C(F)(F)F)nc4)[C@@H]3CC[C@@H]2C1. The highest BCUT2D eigenvalue weighted by molar-refractivity contribution is 5.17. The molecule has 3 unspecified atom stereocenters. The molecule has 4 fully saturated rings. The number of fused-ring (bicyclic) bond motifs is 5. The number of pyridine rings is 1. The largest absolute Gasteiger partial charge is 0.433 e. The summed E-state index contributed by atoms with van der Waals surface area (Å²) in [6.45, 7) is 5.83. The number of alkyl halides is 3. The number of hydrogen-bond acceptors (Lipinski definition) is 2. The molecular weight excluding hydrogens is 435 g/mol. The van der Waals surface area contributed by atoms with E-state index in [4.69, 9.17) is 4.74 Å². The number of halogens is 3. The van der Waals surface area contributed by atoms with Gasteiger partial charge in [-0.3, -0.25) is 4.98 Å². The van der Waals surface area contributed by atoms with Crippen LogP contribution in [0.5, 0.6) is 0 Å². The van der Waals surface area contributed by atoms with E-state index in [9.17, 15) is 13.2 Å². The van der Waals surface area contributed by atoms with Crippen molar-refractivity contribution in [1.29, 1.82) is 0 Å². The molecule has 1 aromatic heterocycles. The molecular formula is C29H42F3NO. The standard InChI is InChI=1S/C29H42F3NO/c1-18(14-19-5-11-27(33-16-19)29(30,31)32)25-9-10-26-24-8-6-21-15-20(17-34-3)4-7-22(21)23(24)12-13-28(25,26)2/h5,11,16,18,20-26H,4,6-10,12-15,17H2,1-3H3/t18-,20+,21-,22+,23?,24-,25?,26?,28-/m1/s1. The van der Waals surface area contributed by atoms with Crippen LogP contribution in [0, 0.1) is 52.8 Å². The summed E-state index contributed by atoms with van der Waals surface area (Å²) in [5.41, 5.74) is 0.538. The van der Waals surface area contributed by atoms with Crippen molar-refractivity contribution < 1.29 is 17.9 Å². The smallest absolute Gasteiger partial charge is 0.384 e. The number of ether oxygens (including phenoxy) is 1. The highest BCUT2D eigenvalue weighted by atomic mass is 19.4. The van der Waals surface area contributed by atoms with Crippen molar-refractivity contribution in [3.8, 4) is 0 Å². The molecule has 1 heterocycles. The maximum absolute atomic E-state index is 12.9. The zero-order chi connectivity index (χ0) is 24.1. The van der Waals surface area contributed by atoms with Crippen molar-refractivity contribution in [2.24, 2.45) is 52.8 Å². The minimum Gasteiger partial charge on any atom is -0.384 e. The summed E-state index contributed by atoms with van der Waals surface area (Å²) in [5, 5.41) is 0. The fourth-order valence-corrected chi connectivity index (χ4v) is 9.54. The molecule has 34 heavy (non-hydrogen) atoms. The third-order valence-corrected chi connectivity index (χ3v) is 10.9. The van der Waals surface area contributed by atoms with Crippen molar-refractivity contribution >= 4 is 0 Å². The van der Waals surface area contributed by atoms with Crippen LogP contribution >= 0.6 is 0 Å². The molecule has 4 aliphatic carbocycles. The second-order valence-electron chi connectivity index (χ2n) is 12.5. The van der Waals surface area contributed by atoms with E-state index in [2.05, 4.69) is 18.8 Å². The second-order valence-corrected chi connectivity index (χ2v) is 12.5. The van der Waals surface area contributed by atoms with Crippen molar-refractivity contribution in [1.82, 2.24) is 4.98 Å². The van der Waals surface area contributed by atoms with Gasteiger partial charge in [0, 0.05) is 19.9 Å². The van der Waals surface area contributed by atoms with E-state index in [1.165, 1.54) is 64.0 Å². The highest BCUT2D eigenvalue weighted by Crippen LogP contribution is 2.65. The second kappa shape index (κ2) is 9.41. The normalized spacial score (nSPS) is 40.8. The minimum absolute atomic E-state index is 0.389. The highest BCUT2D eigenvalue weighted by Gasteiger charge is 2.57. The van der Waals surface area contributed by atoms with E-state index in [1.54, 1.807) is 6.07 Å². The third kappa shape index (κ3) is 4.44. The molecule has 0 saturated heterocycles. The van der Waals surface area contributed by atoms with Crippen LogP contribution in [0.4, 0.5) is 13.2 Å². The van der Waals surface area contributed by atoms with Crippen LogP contribution < -0.4 is 0 Å². The molecule has 0 amide bonds. The first kappa shape index (κ1) is 24.6. The van der Waals surface area contributed by atoms with Crippen molar-refractivity contribution in [2.45, 2.75) is 84.2 Å². The van der Waals surface area contributed by atoms with Gasteiger partial charge in [0.1, 0.15) is 5.69 Å². The Morgan fingerprint density at radius 3 is 2.53 bits per heavy atom. The Morgan fingerprint density at radius 2 is 1.82 bits per heavy atom. The summed E-state index contributed by atoms with van der Waals surface area (Å²) >= 11 is 0. The maximum Gasteiger partial charge on any atom is 0.433 e. The van der Waals surface area contributed by atoms with Crippen LogP contribution in [-0.2, 0) is 17.3 Å². The quantitative estimate of drug-likeness (QED) is 0.431. The van der Waals surface area contributed by atoms with E-state index < -0.39 is 11.9 Å². The van der Waals surface area contributed by atoms with Crippen molar-refractivity contribution in [3.63, 3.8) is 0 Å². The van der Waals surface area contributed by atoms with Crippen LogP contribution in [0.3, 0.4) is 0 Å². The third-order valence-electron chi connectivity index (χ3n) is 10.9. The fourth-order valence-electron chi connectivity index (χ4n) is 9.54. The average molecular weight is 478 g/mol. The number of aromatic nitrogens is 1. The molecule has 0 spiro atoms. The molecule has 0 radical (unpaired) electrons. The summed E-state index contributed by atoms with van der Waals surface area (Å²) in [5.74, 6) is 6.42. The molecule has 5 rings (SSSR count). The topological polar surface area (TPSA) is 22.1 Å². The Hall–Kier alpha value is -1.10. The Morgan fingerprint density at radius 1 is 1.03 bits per heavy atom. The number of hydrogen-bond donors (Lipinski definition) is 0. The van der Waals surface area contributed by atoms with Crippen LogP contribution in [0.1, 0.15) is 82.9 Å². The Kier molecular flexibility index (Phi) is 6.80. The fraction of sp³-hybridized carbons (Fsp3) is 0.828. The van der Waals surface area contributed by atoms with E-state index in [1.807, 2.05) is 7.11 Å². The van der Waals surface area contributed by atoms with Gasteiger partial charge in [-0.15, -0.1) is 0 Å². The van der Waals surface area contributed by atoms with Crippen LogP contribution in [0.25, 0.3) is 0 Å². The summed E-state index contributed by atoms with van der Waals surface area (Å²) < 4.78 is 44.1. The summed E-state index contributed by atoms with van der Waals surface area (Å²) in [6, 6.07) is 2.78. The molecule has 2 nitrogen and oxygen atoms in total. The number of methoxy groups -OCH3 is 1. The van der Waals surface area contributed by atoms with Gasteiger partial charge < -0.3 is 4.74 Å². The predicted molar refractivity (Wildman–Crippen MR) is 128 cm³/mol. The lowest BCUT2D eigenvalue weighted by Crippen LogP contribution is -2.49. The molecule has 0 bridgehead atoms. The van der Waals surface area contributed by atoms with Gasteiger partial charge in [0.15, 0.2) is 0 Å². The molecule has 0 aliphatic heterocycles. The molecule has 0 N–H and O–H groups in total. The van der Waals surface area contributed by atoms with Crippen LogP contribution in [0.15, 0.2) is 18.3 Å². The molecule has 1 aromatic rings. The van der Waals surface area contributed by atoms with Gasteiger partial charge in [-0.05, 0) is 129 Å². The minimum atomic E-state index is -4.36. The number of rotatable bonds is 5. The van der Waals surface area contributed by atoms with Crippen LogP contribution in [0.2, 0.25) is 0 Å². The predicted octanol–water partition coefficient (Wildman–Crippen LogP) is 7.81. The summed E-state index contributed by atoms with van der Waals surface area (Å²) in [4.78, 5) is 3.70. The molecule has 0 aromatic carbocycles. The van der Waals surface area contributed by atoms with Gasteiger partial charge in [-0.1, -0.05) is 19.9 Å². The van der Waals surface area contributed by atoms with Gasteiger partial charge in [-0.2, -0.15) is 13.2 Å². The van der Waals surface area contributed by atoms with Gasteiger partial charge in [0.05, 0.1) is 0 Å². The van der Waals surface area contributed by atoms with Crippen molar-refractivity contribution in [2.75, 3.05) is 13.7 Å². The van der Waals surface area contributed by atoms with Crippen LogP contribution in [-0.4, -0.2) is 18.7 Å². The zero-order valence-corrected chi connectivity index (χ0v) is 21.1. The Balaban J connectivity index is 1.24. The molecule has 4 saturated carbocycles. The van der Waals surface area contributed by atoms with Crippen molar-refractivity contribution in [3.05, 3.63) is 29.6 Å². The Labute approximate surface area is 203 Å². The summed E-state index contributed by atoms with van der Waals surface area (Å²) in [7, 11) is 1.84. The van der Waals surface area contributed by atoms with Gasteiger partial charge in [0.25, 0.3) is 0 Å². The maximum atomic E-state index is 12.9. The van der Waals surface area contributed by atoms with E-state index in [-0.39, 0.29) is 0 Å². The Bertz CT molecular complexity index is 839. The molecule has 190 valence electrons. The van der Waals surface area contributed by atoms with Gasteiger partial charge in [0.2, 0.25) is 0 Å². The first-order valence-corrected chi connectivity index (χ1v) is 13.7. The van der Waals surface area contributed by atoms with E-state index in [0.29, 0.717) is 17.3 Å². The monoisotopic (exact) mass is 477 g/mol. The molecule has 5 heteroatoms. The first-order valence-electron chi connectivity index (χ1n) is 13.7. The average Bonchev–Trinajstić information content (AvgIpc) is 3.16.